The van der Waals surface area contributed by atoms with Crippen LogP contribution in [0.4, 0.5) is 0 Å². The number of aromatic nitrogens is 1. The standard InChI is InChI=1S/C27H38ClN5O3S/c1-3-24(34)32-22(16-26-33-21-12-11-19(28)15-23(21)37-26)27(36)31-20(14-18-8-5-4-6-9-18)17-30-25(35)10-7-13-29-2/h7,10-12,15,18,20,22,29H,3-6,8-9,13-14,16-17H2,1-2H3,(H,30,35)(H,31,36)(H,32,34)/b10-7+/t20-,22-/m0/s1. The number of hydrogen-bond donors (Lipinski definition) is 4. The van der Waals surface area contributed by atoms with E-state index in [1.165, 1.54) is 36.7 Å². The summed E-state index contributed by atoms with van der Waals surface area (Å²) in [5.74, 6) is -0.147. The van der Waals surface area contributed by atoms with Crippen LogP contribution in [-0.4, -0.2) is 54.9 Å². The van der Waals surface area contributed by atoms with Gasteiger partial charge in [-0.05, 0) is 37.6 Å². The number of nitrogens with zero attached hydrogens (tertiary/aromatic N) is 1. The first-order chi connectivity index (χ1) is 17.9. The van der Waals surface area contributed by atoms with Gasteiger partial charge in [0.25, 0.3) is 0 Å². The van der Waals surface area contributed by atoms with Crippen molar-refractivity contribution in [1.82, 2.24) is 26.3 Å². The molecule has 1 aliphatic rings. The van der Waals surface area contributed by atoms with E-state index in [0.717, 1.165) is 34.5 Å². The fourth-order valence-electron chi connectivity index (χ4n) is 4.60. The van der Waals surface area contributed by atoms with Crippen LogP contribution >= 0.6 is 22.9 Å². The van der Waals surface area contributed by atoms with Crippen LogP contribution < -0.4 is 21.3 Å². The van der Waals surface area contributed by atoms with Crippen molar-refractivity contribution >= 4 is 50.9 Å². The highest BCUT2D eigenvalue weighted by molar-refractivity contribution is 7.18. The summed E-state index contributed by atoms with van der Waals surface area (Å²) in [6.45, 7) is 2.69. The molecule has 202 valence electrons. The average Bonchev–Trinajstić information content (AvgIpc) is 3.29. The zero-order chi connectivity index (χ0) is 26.6. The van der Waals surface area contributed by atoms with Gasteiger partial charge < -0.3 is 21.3 Å². The molecule has 0 radical (unpaired) electrons. The van der Waals surface area contributed by atoms with Crippen LogP contribution in [0, 0.1) is 5.92 Å². The van der Waals surface area contributed by atoms with Gasteiger partial charge in [-0.3, -0.25) is 14.4 Å². The molecule has 1 aromatic heterocycles. The number of amides is 3. The minimum atomic E-state index is -0.761. The summed E-state index contributed by atoms with van der Waals surface area (Å²) in [6, 6.07) is 4.50. The molecule has 10 heteroatoms. The second-order valence-electron chi connectivity index (χ2n) is 9.55. The van der Waals surface area contributed by atoms with E-state index in [1.54, 1.807) is 19.1 Å². The molecular formula is C27H38ClN5O3S. The first-order valence-electron chi connectivity index (χ1n) is 13.1. The van der Waals surface area contributed by atoms with Crippen molar-refractivity contribution in [3.8, 4) is 0 Å². The van der Waals surface area contributed by atoms with E-state index >= 15 is 0 Å². The highest BCUT2D eigenvalue weighted by Gasteiger charge is 2.27. The molecular weight excluding hydrogens is 510 g/mol. The van der Waals surface area contributed by atoms with E-state index in [1.807, 2.05) is 19.2 Å². The number of hydrogen-bond acceptors (Lipinski definition) is 6. The number of nitrogens with one attached hydrogen (secondary N) is 4. The third kappa shape index (κ3) is 9.72. The van der Waals surface area contributed by atoms with Gasteiger partial charge in [-0.2, -0.15) is 0 Å². The van der Waals surface area contributed by atoms with Gasteiger partial charge in [0.15, 0.2) is 0 Å². The Hall–Kier alpha value is -2.49. The molecule has 8 nitrogen and oxygen atoms in total. The van der Waals surface area contributed by atoms with Crippen LogP contribution in [0.3, 0.4) is 0 Å². The number of thiazole rings is 1. The highest BCUT2D eigenvalue weighted by atomic mass is 35.5. The Morgan fingerprint density at radius 3 is 2.70 bits per heavy atom. The molecule has 0 bridgehead atoms. The van der Waals surface area contributed by atoms with Gasteiger partial charge in [0.2, 0.25) is 17.7 Å². The summed E-state index contributed by atoms with van der Waals surface area (Å²) < 4.78 is 0.938. The number of rotatable bonds is 13. The zero-order valence-corrected chi connectivity index (χ0v) is 23.2. The van der Waals surface area contributed by atoms with E-state index in [-0.39, 0.29) is 36.6 Å². The lowest BCUT2D eigenvalue weighted by Gasteiger charge is -2.28. The zero-order valence-electron chi connectivity index (χ0n) is 21.6. The summed E-state index contributed by atoms with van der Waals surface area (Å²) in [7, 11) is 1.81. The van der Waals surface area contributed by atoms with Crippen molar-refractivity contribution in [3.05, 3.63) is 40.4 Å². The molecule has 2 atom stereocenters. The Labute approximate surface area is 228 Å². The molecule has 0 spiro atoms. The van der Waals surface area contributed by atoms with E-state index in [4.69, 9.17) is 11.6 Å². The average molecular weight is 548 g/mol. The van der Waals surface area contributed by atoms with Crippen molar-refractivity contribution < 1.29 is 14.4 Å². The first kappa shape index (κ1) is 29.1. The topological polar surface area (TPSA) is 112 Å². The normalized spacial score (nSPS) is 16.0. The molecule has 0 saturated heterocycles. The van der Waals surface area contributed by atoms with Crippen LogP contribution in [0.15, 0.2) is 30.4 Å². The fraction of sp³-hybridized carbons (Fsp3) is 0.556. The Morgan fingerprint density at radius 1 is 1.19 bits per heavy atom. The number of fused-ring (bicyclic) bond motifs is 1. The van der Waals surface area contributed by atoms with Gasteiger partial charge >= 0.3 is 0 Å². The summed E-state index contributed by atoms with van der Waals surface area (Å²) >= 11 is 7.58. The van der Waals surface area contributed by atoms with Crippen molar-refractivity contribution in [2.75, 3.05) is 20.1 Å². The smallest absolute Gasteiger partial charge is 0.243 e. The SMILES string of the molecule is CCC(=O)N[C@@H](Cc1nc2ccc(Cl)cc2s1)C(=O)N[C@H](CNC(=O)/C=C/CNC)CC1CCCCC1. The van der Waals surface area contributed by atoms with Gasteiger partial charge in [0.1, 0.15) is 6.04 Å². The van der Waals surface area contributed by atoms with Gasteiger partial charge in [0.05, 0.1) is 15.2 Å². The molecule has 1 aromatic carbocycles. The molecule has 1 heterocycles. The summed E-state index contributed by atoms with van der Waals surface area (Å²) in [5, 5.41) is 13.3. The minimum Gasteiger partial charge on any atom is -0.351 e. The third-order valence-electron chi connectivity index (χ3n) is 6.55. The van der Waals surface area contributed by atoms with Crippen LogP contribution in [-0.2, 0) is 20.8 Å². The summed E-state index contributed by atoms with van der Waals surface area (Å²) in [6.07, 6.45) is 10.5. The lowest BCUT2D eigenvalue weighted by molar-refractivity contribution is -0.129. The predicted molar refractivity (Wildman–Crippen MR) is 150 cm³/mol. The molecule has 1 saturated carbocycles. The Kier molecular flexibility index (Phi) is 11.8. The Balaban J connectivity index is 1.71. The van der Waals surface area contributed by atoms with Crippen LogP contribution in [0.25, 0.3) is 10.2 Å². The second-order valence-corrected chi connectivity index (χ2v) is 11.1. The van der Waals surface area contributed by atoms with E-state index in [9.17, 15) is 14.4 Å². The maximum atomic E-state index is 13.5. The minimum absolute atomic E-state index is 0.192. The van der Waals surface area contributed by atoms with Crippen molar-refractivity contribution in [3.63, 3.8) is 0 Å². The quantitative estimate of drug-likeness (QED) is 0.285. The number of carbonyl (C=O) groups excluding carboxylic acids is 3. The maximum Gasteiger partial charge on any atom is 0.243 e. The van der Waals surface area contributed by atoms with Gasteiger partial charge in [-0.1, -0.05) is 56.7 Å². The number of halogens is 1. The molecule has 37 heavy (non-hydrogen) atoms. The van der Waals surface area contributed by atoms with Crippen LogP contribution in [0.1, 0.15) is 56.9 Å². The van der Waals surface area contributed by atoms with Crippen molar-refractivity contribution in [2.45, 2.75) is 70.4 Å². The van der Waals surface area contributed by atoms with Crippen LogP contribution in [0.5, 0.6) is 0 Å². The monoisotopic (exact) mass is 547 g/mol. The molecule has 1 aliphatic carbocycles. The molecule has 1 fully saturated rings. The van der Waals surface area contributed by atoms with E-state index in [2.05, 4.69) is 26.3 Å². The lowest BCUT2D eigenvalue weighted by atomic mass is 9.84. The fourth-order valence-corrected chi connectivity index (χ4v) is 5.89. The highest BCUT2D eigenvalue weighted by Crippen LogP contribution is 2.28. The molecule has 2 aromatic rings. The Morgan fingerprint density at radius 2 is 1.97 bits per heavy atom. The van der Waals surface area contributed by atoms with E-state index < -0.39 is 6.04 Å². The molecule has 0 aliphatic heterocycles. The Bertz CT molecular complexity index is 1080. The molecule has 3 rings (SSSR count). The molecule has 4 N–H and O–H groups in total. The maximum absolute atomic E-state index is 13.5. The van der Waals surface area contributed by atoms with Gasteiger partial charge in [0, 0.05) is 43.1 Å². The lowest BCUT2D eigenvalue weighted by Crippen LogP contribution is -2.53. The third-order valence-corrected chi connectivity index (χ3v) is 7.82. The van der Waals surface area contributed by atoms with Crippen LogP contribution in [0.2, 0.25) is 5.02 Å². The molecule has 3 amide bonds. The molecule has 0 unspecified atom stereocenters. The van der Waals surface area contributed by atoms with E-state index in [0.29, 0.717) is 24.0 Å². The largest absolute Gasteiger partial charge is 0.351 e. The van der Waals surface area contributed by atoms with Crippen molar-refractivity contribution in [2.24, 2.45) is 5.92 Å². The number of likely N-dealkylation sites (N-methyl/N-ethyl adjacent to an activating group) is 1. The summed E-state index contributed by atoms with van der Waals surface area (Å²) in [4.78, 5) is 42.6. The van der Waals surface area contributed by atoms with Crippen molar-refractivity contribution in [1.29, 1.82) is 0 Å². The summed E-state index contributed by atoms with van der Waals surface area (Å²) in [5.41, 5.74) is 0.814. The second kappa shape index (κ2) is 15.1. The number of benzene rings is 1. The van der Waals surface area contributed by atoms with Gasteiger partial charge in [-0.25, -0.2) is 4.98 Å². The predicted octanol–water partition coefficient (Wildman–Crippen LogP) is 3.73. The number of carbonyl (C=O) groups is 3. The first-order valence-corrected chi connectivity index (χ1v) is 14.3. The van der Waals surface area contributed by atoms with Gasteiger partial charge in [-0.15, -0.1) is 11.3 Å².